The van der Waals surface area contributed by atoms with Gasteiger partial charge < -0.3 is 38.4 Å². The maximum Gasteiger partial charge on any atom is 2.00 e. The molecule has 10 rings (SSSR count). The van der Waals surface area contributed by atoms with Crippen LogP contribution in [0.4, 0.5) is 4.79 Å². The first-order valence-corrected chi connectivity index (χ1v) is 21.0. The van der Waals surface area contributed by atoms with Gasteiger partial charge in [0.15, 0.2) is 11.3 Å². The first kappa shape index (κ1) is 43.3. The minimum Gasteiger partial charge on any atom is -1.00 e. The molecular weight excluding hydrogens is 821 g/mol. The SMILES string of the molecule is BrC1CCC1.CC(C)(C)OC(=O)N1CCc2nc3ccnn3c(C3CCC3)c2CC1.[Br-].[CH-]1CCC1.[Mg+2].c1cc2nc3c(c(C4CCC4)n2n1)CCNCC3. The fourth-order valence-electron chi connectivity index (χ4n) is 7.47. The number of alkyl halides is 1. The van der Waals surface area contributed by atoms with Gasteiger partial charge in [-0.25, -0.2) is 23.8 Å². The summed E-state index contributed by atoms with van der Waals surface area (Å²) < 4.78 is 9.66. The maximum absolute atomic E-state index is 12.5. The molecule has 4 aromatic heterocycles. The van der Waals surface area contributed by atoms with Crippen molar-refractivity contribution in [2.45, 2.75) is 146 Å². The van der Waals surface area contributed by atoms with E-state index in [2.05, 4.69) is 42.4 Å². The third-order valence-electron chi connectivity index (χ3n) is 11.3. The summed E-state index contributed by atoms with van der Waals surface area (Å²) >= 11 is 3.46. The van der Waals surface area contributed by atoms with Gasteiger partial charge in [-0.2, -0.15) is 23.0 Å². The van der Waals surface area contributed by atoms with Crippen LogP contribution in [0.5, 0.6) is 0 Å². The van der Waals surface area contributed by atoms with E-state index in [1.165, 1.54) is 105 Å². The van der Waals surface area contributed by atoms with Crippen molar-refractivity contribution in [2.75, 3.05) is 26.2 Å². The molecule has 1 amide bonds. The van der Waals surface area contributed by atoms with Gasteiger partial charge >= 0.3 is 29.1 Å². The van der Waals surface area contributed by atoms with E-state index in [-0.39, 0.29) is 46.1 Å². The third-order valence-corrected chi connectivity index (χ3v) is 12.3. The molecule has 0 atom stereocenters. The van der Waals surface area contributed by atoms with Crippen molar-refractivity contribution in [3.8, 4) is 0 Å². The van der Waals surface area contributed by atoms with E-state index in [0.29, 0.717) is 24.9 Å². The molecule has 0 unspecified atom stereocenters. The number of aromatic nitrogens is 6. The van der Waals surface area contributed by atoms with Gasteiger partial charge in [0.05, 0.1) is 23.8 Å². The molecule has 0 aromatic carbocycles. The van der Waals surface area contributed by atoms with E-state index in [1.54, 1.807) is 0 Å². The molecule has 10 nitrogen and oxygen atoms in total. The number of carbonyl (C=O) groups is 1. The fourth-order valence-corrected chi connectivity index (χ4v) is 8.12. The summed E-state index contributed by atoms with van der Waals surface area (Å²) in [6, 6.07) is 4.00. The number of fused-ring (bicyclic) bond motifs is 4. The van der Waals surface area contributed by atoms with E-state index in [9.17, 15) is 4.79 Å². The van der Waals surface area contributed by atoms with E-state index in [0.717, 1.165) is 60.6 Å². The van der Waals surface area contributed by atoms with Crippen LogP contribution in [-0.4, -0.2) is 99.8 Å². The third kappa shape index (κ3) is 10.6. The molecule has 4 aromatic rings. The topological polar surface area (TPSA) is 102 Å². The molecular formula is C41H58Br2MgN8O2. The Bertz CT molecular complexity index is 1800. The smallest absolute Gasteiger partial charge is 1.00 e. The summed E-state index contributed by atoms with van der Waals surface area (Å²) in [5.41, 5.74) is 9.46. The minimum atomic E-state index is -0.466. The first-order valence-electron chi connectivity index (χ1n) is 20.1. The number of nitrogens with zero attached hydrogens (tertiary/aromatic N) is 7. The van der Waals surface area contributed by atoms with Gasteiger partial charge in [-0.1, -0.05) is 35.2 Å². The molecule has 1 N–H and O–H groups in total. The summed E-state index contributed by atoms with van der Waals surface area (Å²) in [5.74, 6) is 1.29. The van der Waals surface area contributed by atoms with E-state index < -0.39 is 5.60 Å². The number of nitrogens with one attached hydrogen (secondary N) is 1. The average molecular weight is 879 g/mol. The van der Waals surface area contributed by atoms with Crippen LogP contribution >= 0.6 is 15.9 Å². The van der Waals surface area contributed by atoms with Crippen LogP contribution < -0.4 is 22.3 Å². The Hall–Kier alpha value is -1.80. The standard InChI is InChI=1S/C19H26N4O2.C14H18N4.C4H7Br.C4H7.BrH.Mg/c1-19(2,3)25-18(24)22-11-8-14-15(9-12-22)21-16-7-10-20-23(16)17(14)13-5-4-6-13;1-2-10(3-1)14-11-4-7-15-8-5-12(11)17-13-6-9-16-18(13)14;5-4-2-1-3-4;1-2-4-3-1;;/h7,10,13H,4-6,8-9,11-12H2,1-3H3;6,9-10,15H,1-5,7-8H2;4H,1-3H2;1H,2-4H2;1H;/q;;;-1;;+2/p-1. The molecule has 6 aliphatic rings. The maximum atomic E-state index is 12.5. The van der Waals surface area contributed by atoms with Gasteiger partial charge in [-0.15, -0.1) is 6.42 Å². The monoisotopic (exact) mass is 876 g/mol. The van der Waals surface area contributed by atoms with Gasteiger partial charge in [-0.05, 0) is 89.8 Å². The largest absolute Gasteiger partial charge is 2.00 e. The molecule has 4 aliphatic carbocycles. The van der Waals surface area contributed by atoms with Crippen LogP contribution in [0.25, 0.3) is 11.3 Å². The molecule has 6 heterocycles. The predicted octanol–water partition coefficient (Wildman–Crippen LogP) is 4.95. The number of amides is 1. The van der Waals surface area contributed by atoms with Crippen LogP contribution in [0.3, 0.4) is 0 Å². The number of halogens is 2. The number of carbonyl (C=O) groups excluding carboxylic acids is 1. The molecule has 0 radical (unpaired) electrons. The number of hydrogen-bond acceptors (Lipinski definition) is 7. The van der Waals surface area contributed by atoms with Crippen molar-refractivity contribution < 1.29 is 26.5 Å². The first-order chi connectivity index (χ1) is 25.2. The Labute approximate surface area is 356 Å². The Morgan fingerprint density at radius 3 is 1.69 bits per heavy atom. The zero-order valence-electron chi connectivity index (χ0n) is 32.7. The van der Waals surface area contributed by atoms with Crippen molar-refractivity contribution in [3.05, 3.63) is 64.8 Å². The summed E-state index contributed by atoms with van der Waals surface area (Å²) in [5, 5.41) is 12.5. The van der Waals surface area contributed by atoms with Crippen molar-refractivity contribution in [1.82, 2.24) is 39.4 Å². The zero-order chi connectivity index (χ0) is 36.1. The van der Waals surface area contributed by atoms with Crippen LogP contribution in [-0.2, 0) is 30.4 Å². The fraction of sp³-hybridized carbons (Fsp3) is 0.659. The second kappa shape index (κ2) is 20.1. The van der Waals surface area contributed by atoms with Gasteiger partial charge in [0.2, 0.25) is 0 Å². The minimum absolute atomic E-state index is 0. The second-order valence-electron chi connectivity index (χ2n) is 16.3. The van der Waals surface area contributed by atoms with Crippen LogP contribution in [0.2, 0.25) is 0 Å². The van der Waals surface area contributed by atoms with Crippen LogP contribution in [0.15, 0.2) is 24.5 Å². The zero-order valence-corrected chi connectivity index (χ0v) is 37.3. The number of ether oxygens (including phenoxy) is 1. The van der Waals surface area contributed by atoms with Crippen LogP contribution in [0, 0.1) is 6.42 Å². The van der Waals surface area contributed by atoms with Crippen molar-refractivity contribution in [3.63, 3.8) is 0 Å². The van der Waals surface area contributed by atoms with Crippen molar-refractivity contribution in [2.24, 2.45) is 0 Å². The molecule has 13 heteroatoms. The molecule has 0 saturated heterocycles. The van der Waals surface area contributed by atoms with E-state index in [4.69, 9.17) is 14.7 Å². The molecule has 290 valence electrons. The number of hydrogen-bond donors (Lipinski definition) is 1. The molecule has 2 aliphatic heterocycles. The molecule has 0 spiro atoms. The Balaban J connectivity index is 0.000000167. The number of rotatable bonds is 2. The van der Waals surface area contributed by atoms with Gasteiger partial charge in [-0.3, -0.25) is 0 Å². The van der Waals surface area contributed by atoms with E-state index >= 15 is 0 Å². The second-order valence-corrected chi connectivity index (χ2v) is 17.6. The van der Waals surface area contributed by atoms with E-state index in [1.807, 2.05) is 54.7 Å². The Morgan fingerprint density at radius 2 is 1.24 bits per heavy atom. The average Bonchev–Trinajstić information content (AvgIpc) is 3.55. The summed E-state index contributed by atoms with van der Waals surface area (Å²) in [7, 11) is 0. The molecule has 4 fully saturated rings. The van der Waals surface area contributed by atoms with Crippen molar-refractivity contribution in [1.29, 1.82) is 0 Å². The van der Waals surface area contributed by atoms with Gasteiger partial charge in [0.25, 0.3) is 0 Å². The predicted molar refractivity (Wildman–Crippen MR) is 215 cm³/mol. The van der Waals surface area contributed by atoms with Crippen molar-refractivity contribution >= 4 is 56.4 Å². The Kier molecular flexibility index (Phi) is 16.1. The normalized spacial score (nSPS) is 19.6. The van der Waals surface area contributed by atoms with Crippen LogP contribution in [0.1, 0.15) is 144 Å². The van der Waals surface area contributed by atoms with Gasteiger partial charge in [0.1, 0.15) is 5.60 Å². The summed E-state index contributed by atoms with van der Waals surface area (Å²) in [6.07, 6.45) is 25.7. The molecule has 0 bridgehead atoms. The summed E-state index contributed by atoms with van der Waals surface area (Å²) in [4.78, 5) is 24.8. The quantitative estimate of drug-likeness (QED) is 0.173. The molecule has 54 heavy (non-hydrogen) atoms. The van der Waals surface area contributed by atoms with Gasteiger partial charge in [0, 0.05) is 72.7 Å². The Morgan fingerprint density at radius 1 is 0.778 bits per heavy atom. The summed E-state index contributed by atoms with van der Waals surface area (Å²) in [6.45, 7) is 9.17. The molecule has 4 saturated carbocycles.